The molecule has 4 heteroatoms. The lowest BCUT2D eigenvalue weighted by Gasteiger charge is -2.10. The maximum Gasteiger partial charge on any atom is 0.181 e. The average Bonchev–Trinajstić information content (AvgIpc) is 2.26. The highest BCUT2D eigenvalue weighted by atomic mass is 79.9. The molecule has 2 aromatic rings. The van der Waals surface area contributed by atoms with Crippen molar-refractivity contribution in [3.05, 3.63) is 63.0 Å². The molecule has 0 bridgehead atoms. The highest BCUT2D eigenvalue weighted by molar-refractivity contribution is 9.10. The lowest BCUT2D eigenvalue weighted by molar-refractivity contribution is 0.788. The van der Waals surface area contributed by atoms with Gasteiger partial charge in [-0.1, -0.05) is 22.0 Å². The first-order valence-corrected chi connectivity index (χ1v) is 5.65. The third kappa shape index (κ3) is 2.33. The zero-order valence-corrected chi connectivity index (χ0v) is 10.1. The molecule has 0 atom stereocenters. The molecule has 0 fully saturated rings. The Kier molecular flexibility index (Phi) is 3.10. The molecule has 0 radical (unpaired) electrons. The van der Waals surface area contributed by atoms with Gasteiger partial charge in [-0.3, -0.25) is 4.79 Å². The third-order valence-electron chi connectivity index (χ3n) is 2.36. The number of nitrogen functional groups attached to an aromatic ring is 1. The summed E-state index contributed by atoms with van der Waals surface area (Å²) in [5, 5.41) is 0. The summed E-state index contributed by atoms with van der Waals surface area (Å²) >= 11 is 3.46. The van der Waals surface area contributed by atoms with Crippen molar-refractivity contribution in [3.63, 3.8) is 0 Å². The summed E-state index contributed by atoms with van der Waals surface area (Å²) in [5.74, 6) is 0. The number of halogens is 1. The zero-order chi connectivity index (χ0) is 11.5. The predicted molar refractivity (Wildman–Crippen MR) is 68.4 cm³/mol. The Labute approximate surface area is 102 Å². The number of rotatable bonds is 2. The Balaban J connectivity index is 2.34. The van der Waals surface area contributed by atoms with Gasteiger partial charge in [0.25, 0.3) is 0 Å². The molecular formula is C12H11BrN2O. The summed E-state index contributed by atoms with van der Waals surface area (Å²) in [4.78, 5) is 11.0. The Hall–Kier alpha value is -1.55. The molecule has 0 amide bonds. The fourth-order valence-corrected chi connectivity index (χ4v) is 1.98. The molecule has 0 saturated carbocycles. The largest absolute Gasteiger partial charge is 0.398 e. The van der Waals surface area contributed by atoms with Crippen molar-refractivity contribution in [3.8, 4) is 0 Å². The number of nitrogens with zero attached hydrogens (tertiary/aromatic N) is 1. The average molecular weight is 279 g/mol. The predicted octanol–water partition coefficient (Wildman–Crippen LogP) is 2.24. The Morgan fingerprint density at radius 1 is 1.19 bits per heavy atom. The van der Waals surface area contributed by atoms with Crippen molar-refractivity contribution in [2.75, 3.05) is 5.73 Å². The van der Waals surface area contributed by atoms with Crippen LogP contribution >= 0.6 is 15.9 Å². The van der Waals surface area contributed by atoms with Crippen LogP contribution in [0.15, 0.2) is 52.0 Å². The van der Waals surface area contributed by atoms with Crippen molar-refractivity contribution >= 4 is 21.6 Å². The fraction of sp³-hybridized carbons (Fsp3) is 0.0833. The maximum absolute atomic E-state index is 11.0. The highest BCUT2D eigenvalue weighted by Gasteiger charge is 2.03. The molecule has 0 aliphatic carbocycles. The highest BCUT2D eigenvalue weighted by Crippen LogP contribution is 2.23. The lowest BCUT2D eigenvalue weighted by atomic mass is 10.2. The minimum absolute atomic E-state index is 0.0105. The second-order valence-electron chi connectivity index (χ2n) is 3.51. The van der Waals surface area contributed by atoms with Crippen LogP contribution in [0.3, 0.4) is 0 Å². The van der Waals surface area contributed by atoms with Gasteiger partial charge in [0.2, 0.25) is 0 Å². The van der Waals surface area contributed by atoms with Crippen LogP contribution in [0, 0.1) is 0 Å². The Bertz CT molecular complexity index is 522. The van der Waals surface area contributed by atoms with Gasteiger partial charge in [0.05, 0.1) is 6.54 Å². The van der Waals surface area contributed by atoms with E-state index in [9.17, 15) is 4.79 Å². The summed E-state index contributed by atoms with van der Waals surface area (Å²) in [6.07, 6.45) is 3.50. The van der Waals surface area contributed by atoms with Crippen LogP contribution in [0.5, 0.6) is 0 Å². The minimum Gasteiger partial charge on any atom is -0.398 e. The lowest BCUT2D eigenvalue weighted by Crippen LogP contribution is -2.06. The molecule has 0 aliphatic heterocycles. The van der Waals surface area contributed by atoms with Gasteiger partial charge in [-0.05, 0) is 12.1 Å². The molecule has 0 aliphatic rings. The van der Waals surface area contributed by atoms with Crippen LogP contribution < -0.4 is 11.2 Å². The van der Waals surface area contributed by atoms with E-state index in [2.05, 4.69) is 15.9 Å². The normalized spacial score (nSPS) is 10.3. The summed E-state index contributed by atoms with van der Waals surface area (Å²) < 4.78 is 2.89. The molecule has 0 unspecified atom stereocenters. The number of nitrogens with two attached hydrogens (primary N) is 1. The molecule has 1 aromatic carbocycles. The van der Waals surface area contributed by atoms with E-state index in [0.29, 0.717) is 6.54 Å². The molecule has 2 rings (SSSR count). The number of pyridine rings is 1. The number of hydrogen-bond donors (Lipinski definition) is 1. The monoisotopic (exact) mass is 278 g/mol. The van der Waals surface area contributed by atoms with Crippen LogP contribution in [0.2, 0.25) is 0 Å². The smallest absolute Gasteiger partial charge is 0.181 e. The number of aromatic nitrogens is 1. The summed E-state index contributed by atoms with van der Waals surface area (Å²) in [7, 11) is 0. The summed E-state index contributed by atoms with van der Waals surface area (Å²) in [5.41, 5.74) is 7.67. The van der Waals surface area contributed by atoms with E-state index in [1.54, 1.807) is 12.4 Å². The summed E-state index contributed by atoms with van der Waals surface area (Å²) in [6, 6.07) is 8.78. The summed E-state index contributed by atoms with van der Waals surface area (Å²) in [6.45, 7) is 0.646. The van der Waals surface area contributed by atoms with Crippen LogP contribution in [0.25, 0.3) is 0 Å². The quantitative estimate of drug-likeness (QED) is 0.857. The van der Waals surface area contributed by atoms with Crippen molar-refractivity contribution in [1.29, 1.82) is 0 Å². The third-order valence-corrected chi connectivity index (χ3v) is 3.10. The number of benzene rings is 1. The topological polar surface area (TPSA) is 48.0 Å². The molecule has 16 heavy (non-hydrogen) atoms. The van der Waals surface area contributed by atoms with E-state index in [-0.39, 0.29) is 5.43 Å². The van der Waals surface area contributed by atoms with Crippen LogP contribution in [0.4, 0.5) is 5.69 Å². The van der Waals surface area contributed by atoms with Gasteiger partial charge in [0.1, 0.15) is 0 Å². The second-order valence-corrected chi connectivity index (χ2v) is 4.37. The van der Waals surface area contributed by atoms with E-state index < -0.39 is 0 Å². The van der Waals surface area contributed by atoms with E-state index in [0.717, 1.165) is 15.7 Å². The van der Waals surface area contributed by atoms with Gasteiger partial charge in [-0.25, -0.2) is 0 Å². The van der Waals surface area contributed by atoms with E-state index >= 15 is 0 Å². The first-order chi connectivity index (χ1) is 7.66. The first-order valence-electron chi connectivity index (χ1n) is 4.86. The maximum atomic E-state index is 11.0. The van der Waals surface area contributed by atoms with Crippen LogP contribution in [0.1, 0.15) is 5.56 Å². The van der Waals surface area contributed by atoms with Gasteiger partial charge in [0.15, 0.2) is 5.43 Å². The zero-order valence-electron chi connectivity index (χ0n) is 8.56. The van der Waals surface area contributed by atoms with Crippen molar-refractivity contribution in [2.24, 2.45) is 0 Å². The van der Waals surface area contributed by atoms with Crippen LogP contribution in [-0.2, 0) is 6.54 Å². The van der Waals surface area contributed by atoms with Crippen molar-refractivity contribution in [1.82, 2.24) is 4.57 Å². The molecule has 0 saturated heterocycles. The van der Waals surface area contributed by atoms with E-state index in [4.69, 9.17) is 5.73 Å². The first kappa shape index (κ1) is 11.0. The van der Waals surface area contributed by atoms with Crippen molar-refractivity contribution in [2.45, 2.75) is 6.54 Å². The van der Waals surface area contributed by atoms with E-state index in [1.165, 1.54) is 12.1 Å². The van der Waals surface area contributed by atoms with Gasteiger partial charge < -0.3 is 10.3 Å². The van der Waals surface area contributed by atoms with Gasteiger partial charge in [-0.2, -0.15) is 0 Å². The standard InChI is InChI=1S/C12H11BrN2O/c13-11-2-1-3-12(14)10(11)8-15-6-4-9(16)5-7-15/h1-7H,8,14H2. The van der Waals surface area contributed by atoms with Crippen LogP contribution in [-0.4, -0.2) is 4.57 Å². The molecule has 0 spiro atoms. The molecule has 1 aromatic heterocycles. The van der Waals surface area contributed by atoms with E-state index in [1.807, 2.05) is 22.8 Å². The van der Waals surface area contributed by atoms with Crippen molar-refractivity contribution < 1.29 is 0 Å². The fourth-order valence-electron chi connectivity index (χ4n) is 1.47. The molecular weight excluding hydrogens is 268 g/mol. The van der Waals surface area contributed by atoms with Gasteiger partial charge in [-0.15, -0.1) is 0 Å². The number of anilines is 1. The number of hydrogen-bond acceptors (Lipinski definition) is 2. The Morgan fingerprint density at radius 2 is 1.88 bits per heavy atom. The van der Waals surface area contributed by atoms with Gasteiger partial charge in [0, 0.05) is 40.2 Å². The molecule has 3 nitrogen and oxygen atoms in total. The molecule has 1 heterocycles. The van der Waals surface area contributed by atoms with Gasteiger partial charge >= 0.3 is 0 Å². The second kappa shape index (κ2) is 4.53. The molecule has 82 valence electrons. The minimum atomic E-state index is 0.0105. The SMILES string of the molecule is Nc1cccc(Br)c1Cn1ccc(=O)cc1. The Morgan fingerprint density at radius 3 is 2.50 bits per heavy atom. The molecule has 2 N–H and O–H groups in total.